The lowest BCUT2D eigenvalue weighted by Gasteiger charge is -2.16. The van der Waals surface area contributed by atoms with Crippen molar-refractivity contribution in [3.05, 3.63) is 33.5 Å². The molecule has 1 aliphatic heterocycles. The minimum Gasteiger partial charge on any atom is -0.309 e. The average molecular weight is 314 g/mol. The van der Waals surface area contributed by atoms with Gasteiger partial charge < -0.3 is 9.88 Å². The summed E-state index contributed by atoms with van der Waals surface area (Å²) in [6.07, 6.45) is 0. The van der Waals surface area contributed by atoms with Crippen molar-refractivity contribution >= 4 is 27.5 Å². The monoisotopic (exact) mass is 312 g/mol. The van der Waals surface area contributed by atoms with E-state index in [0.717, 1.165) is 41.3 Å². The van der Waals surface area contributed by atoms with Crippen LogP contribution in [0.2, 0.25) is 5.02 Å². The molecule has 6 heteroatoms. The predicted octanol–water partition coefficient (Wildman–Crippen LogP) is 2.46. The molecule has 0 saturated carbocycles. The summed E-state index contributed by atoms with van der Waals surface area (Å²) in [5.74, 6) is 1.86. The van der Waals surface area contributed by atoms with Gasteiger partial charge in [-0.05, 0) is 34.1 Å². The molecule has 0 fully saturated rings. The highest BCUT2D eigenvalue weighted by molar-refractivity contribution is 9.10. The maximum Gasteiger partial charge on any atom is 0.164 e. The molecule has 1 aromatic heterocycles. The highest BCUT2D eigenvalue weighted by atomic mass is 79.9. The minimum atomic E-state index is 0.689. The van der Waals surface area contributed by atoms with Crippen molar-refractivity contribution in [1.29, 1.82) is 0 Å². The fourth-order valence-electron chi connectivity index (χ4n) is 1.94. The van der Waals surface area contributed by atoms with Gasteiger partial charge in [0.2, 0.25) is 0 Å². The van der Waals surface area contributed by atoms with Crippen LogP contribution in [0.3, 0.4) is 0 Å². The van der Waals surface area contributed by atoms with Crippen LogP contribution in [0.25, 0.3) is 11.4 Å². The third-order valence-corrected chi connectivity index (χ3v) is 4.03. The first-order valence-electron chi connectivity index (χ1n) is 5.34. The molecule has 4 nitrogen and oxygen atoms in total. The van der Waals surface area contributed by atoms with Crippen LogP contribution in [0, 0.1) is 0 Å². The second-order valence-electron chi connectivity index (χ2n) is 3.90. The molecule has 1 aliphatic rings. The molecule has 3 rings (SSSR count). The normalized spacial score (nSPS) is 14.7. The number of halogens is 2. The smallest absolute Gasteiger partial charge is 0.164 e. The number of rotatable bonds is 1. The first-order valence-corrected chi connectivity index (χ1v) is 6.51. The van der Waals surface area contributed by atoms with Crippen molar-refractivity contribution in [3.63, 3.8) is 0 Å². The maximum atomic E-state index is 6.10. The maximum absolute atomic E-state index is 6.10. The van der Waals surface area contributed by atoms with E-state index in [1.165, 1.54) is 0 Å². The van der Waals surface area contributed by atoms with Gasteiger partial charge in [0.25, 0.3) is 0 Å². The van der Waals surface area contributed by atoms with Gasteiger partial charge in [-0.25, -0.2) is 0 Å². The number of aromatic nitrogens is 3. The molecule has 0 unspecified atom stereocenters. The molecule has 2 heterocycles. The number of hydrogen-bond acceptors (Lipinski definition) is 3. The highest BCUT2D eigenvalue weighted by Gasteiger charge is 2.16. The summed E-state index contributed by atoms with van der Waals surface area (Å²) < 4.78 is 3.03. The van der Waals surface area contributed by atoms with Crippen molar-refractivity contribution < 1.29 is 0 Å². The Morgan fingerprint density at radius 2 is 2.24 bits per heavy atom. The first-order chi connectivity index (χ1) is 8.25. The molecule has 2 aromatic rings. The van der Waals surface area contributed by atoms with Crippen LogP contribution in [-0.2, 0) is 13.1 Å². The number of fused-ring (bicyclic) bond motifs is 1. The lowest BCUT2D eigenvalue weighted by molar-refractivity contribution is 0.508. The quantitative estimate of drug-likeness (QED) is 0.879. The Morgan fingerprint density at radius 3 is 3.06 bits per heavy atom. The van der Waals surface area contributed by atoms with Gasteiger partial charge in [-0.15, -0.1) is 10.2 Å². The predicted molar refractivity (Wildman–Crippen MR) is 69.9 cm³/mol. The molecule has 0 radical (unpaired) electrons. The molecule has 1 N–H and O–H groups in total. The van der Waals surface area contributed by atoms with E-state index in [-0.39, 0.29) is 0 Å². The summed E-state index contributed by atoms with van der Waals surface area (Å²) in [4.78, 5) is 0. The van der Waals surface area contributed by atoms with E-state index in [2.05, 4.69) is 36.0 Å². The lowest BCUT2D eigenvalue weighted by atomic mass is 10.2. The van der Waals surface area contributed by atoms with Gasteiger partial charge in [0, 0.05) is 23.1 Å². The van der Waals surface area contributed by atoms with Gasteiger partial charge >= 0.3 is 0 Å². The highest BCUT2D eigenvalue weighted by Crippen LogP contribution is 2.28. The number of nitrogens with zero attached hydrogens (tertiary/aromatic N) is 3. The zero-order valence-electron chi connectivity index (χ0n) is 8.95. The fourth-order valence-corrected chi connectivity index (χ4v) is 2.37. The molecule has 17 heavy (non-hydrogen) atoms. The Bertz CT molecular complexity index is 567. The van der Waals surface area contributed by atoms with Gasteiger partial charge in [-0.2, -0.15) is 0 Å². The van der Waals surface area contributed by atoms with Crippen LogP contribution in [0.4, 0.5) is 0 Å². The van der Waals surface area contributed by atoms with Crippen LogP contribution in [-0.4, -0.2) is 21.3 Å². The standard InChI is InChI=1S/C11H10BrClN4/c12-8-2-1-7(5-9(8)13)11-16-15-10-6-14-3-4-17(10)11/h1-2,5,14H,3-4,6H2. The van der Waals surface area contributed by atoms with Crippen LogP contribution in [0.1, 0.15) is 5.82 Å². The molecular formula is C11H10BrClN4. The SMILES string of the molecule is Clc1cc(-c2nnc3n2CCNC3)ccc1Br. The van der Waals surface area contributed by atoms with Gasteiger partial charge in [-0.3, -0.25) is 0 Å². The van der Waals surface area contributed by atoms with E-state index >= 15 is 0 Å². The van der Waals surface area contributed by atoms with Crippen molar-refractivity contribution in [2.75, 3.05) is 6.54 Å². The third kappa shape index (κ3) is 1.99. The Labute approximate surface area is 112 Å². The van der Waals surface area contributed by atoms with E-state index in [4.69, 9.17) is 11.6 Å². The van der Waals surface area contributed by atoms with E-state index in [1.54, 1.807) is 0 Å². The molecule has 0 bridgehead atoms. The van der Waals surface area contributed by atoms with E-state index in [9.17, 15) is 0 Å². The van der Waals surface area contributed by atoms with Crippen molar-refractivity contribution in [1.82, 2.24) is 20.1 Å². The minimum absolute atomic E-state index is 0.689. The molecule has 1 aromatic carbocycles. The Hall–Kier alpha value is -0.910. The molecule has 0 saturated heterocycles. The largest absolute Gasteiger partial charge is 0.309 e. The summed E-state index contributed by atoms with van der Waals surface area (Å²) in [5, 5.41) is 12.4. The first kappa shape index (κ1) is 11.2. The van der Waals surface area contributed by atoms with E-state index < -0.39 is 0 Å². The van der Waals surface area contributed by atoms with Crippen LogP contribution in [0.15, 0.2) is 22.7 Å². The number of nitrogens with one attached hydrogen (secondary N) is 1. The lowest BCUT2D eigenvalue weighted by Crippen LogP contribution is -2.28. The molecule has 88 valence electrons. The summed E-state index contributed by atoms with van der Waals surface area (Å²) in [5.41, 5.74) is 0.999. The van der Waals surface area contributed by atoms with Gasteiger partial charge in [0.15, 0.2) is 5.82 Å². The van der Waals surface area contributed by atoms with Gasteiger partial charge in [0.1, 0.15) is 5.82 Å². The Kier molecular flexibility index (Phi) is 2.90. The fraction of sp³-hybridized carbons (Fsp3) is 0.273. The zero-order chi connectivity index (χ0) is 11.8. The van der Waals surface area contributed by atoms with Crippen LogP contribution < -0.4 is 5.32 Å². The summed E-state index contributed by atoms with van der Waals surface area (Å²) in [6, 6.07) is 5.83. The molecule has 0 spiro atoms. The Balaban J connectivity index is 2.09. The van der Waals surface area contributed by atoms with Crippen molar-refractivity contribution in [3.8, 4) is 11.4 Å². The molecule has 0 amide bonds. The van der Waals surface area contributed by atoms with E-state index in [1.807, 2.05) is 18.2 Å². The average Bonchev–Trinajstić information content (AvgIpc) is 2.76. The molecule has 0 aliphatic carbocycles. The summed E-state index contributed by atoms with van der Waals surface area (Å²) >= 11 is 9.48. The second-order valence-corrected chi connectivity index (χ2v) is 5.16. The van der Waals surface area contributed by atoms with E-state index in [0.29, 0.717) is 5.02 Å². The molecular weight excluding hydrogens is 304 g/mol. The van der Waals surface area contributed by atoms with Gasteiger partial charge in [-0.1, -0.05) is 11.6 Å². The van der Waals surface area contributed by atoms with Gasteiger partial charge in [0.05, 0.1) is 11.6 Å². The number of hydrogen-bond donors (Lipinski definition) is 1. The Morgan fingerprint density at radius 1 is 1.35 bits per heavy atom. The number of benzene rings is 1. The topological polar surface area (TPSA) is 42.7 Å². The zero-order valence-corrected chi connectivity index (χ0v) is 11.3. The third-order valence-electron chi connectivity index (χ3n) is 2.80. The molecule has 0 atom stereocenters. The van der Waals surface area contributed by atoms with Crippen molar-refractivity contribution in [2.24, 2.45) is 0 Å². The summed E-state index contributed by atoms with van der Waals surface area (Å²) in [6.45, 7) is 2.62. The van der Waals surface area contributed by atoms with Crippen LogP contribution >= 0.6 is 27.5 Å². The van der Waals surface area contributed by atoms with Crippen molar-refractivity contribution in [2.45, 2.75) is 13.1 Å². The van der Waals surface area contributed by atoms with Crippen LogP contribution in [0.5, 0.6) is 0 Å². The second kappa shape index (κ2) is 4.40. The summed E-state index contributed by atoms with van der Waals surface area (Å²) in [7, 11) is 0.